The third-order valence-electron chi connectivity index (χ3n) is 8.10. The van der Waals surface area contributed by atoms with E-state index in [2.05, 4.69) is 110 Å². The van der Waals surface area contributed by atoms with Crippen LogP contribution in [0, 0.1) is 0 Å². The van der Waals surface area contributed by atoms with Gasteiger partial charge in [-0.05, 0) is 53.3 Å². The molecular formula is C32H52O4Si2. The van der Waals surface area contributed by atoms with Gasteiger partial charge in [-0.25, -0.2) is 0 Å². The van der Waals surface area contributed by atoms with Crippen LogP contribution in [0.2, 0.25) is 23.2 Å². The first-order valence-corrected chi connectivity index (χ1v) is 19.1. The van der Waals surface area contributed by atoms with Crippen LogP contribution in [0.4, 0.5) is 0 Å². The fourth-order valence-corrected chi connectivity index (χ4v) is 11.3. The van der Waals surface area contributed by atoms with Crippen LogP contribution >= 0.6 is 0 Å². The Labute approximate surface area is 234 Å². The predicted octanol–water partition coefficient (Wildman–Crippen LogP) is 7.77. The van der Waals surface area contributed by atoms with E-state index < -0.39 is 22.6 Å². The van der Waals surface area contributed by atoms with E-state index in [-0.39, 0.29) is 28.7 Å². The number of benzene rings is 2. The van der Waals surface area contributed by atoms with E-state index in [1.807, 2.05) is 12.1 Å². The van der Waals surface area contributed by atoms with Crippen LogP contribution < -0.4 is 10.4 Å². The standard InChI is InChI=1S/C32H52O4Si2/c1-26(35-37(8,9)31(2,3)4)19-13-10-14-20-27(25-30(33)34)36-38(32(5,6)7,28-21-15-11-16-22-28)29-23-17-12-18-24-29/h11-12,15-18,21-24,26-27H,10,13-14,19-20,25H2,1-9H3,(H,33,34)/t26-,27-/m1/s1. The van der Waals surface area contributed by atoms with E-state index in [9.17, 15) is 9.90 Å². The Hall–Kier alpha value is -1.74. The molecule has 2 rings (SSSR count). The summed E-state index contributed by atoms with van der Waals surface area (Å²) in [6.45, 7) is 20.4. The molecule has 0 bridgehead atoms. The zero-order valence-electron chi connectivity index (χ0n) is 25.3. The topological polar surface area (TPSA) is 55.8 Å². The van der Waals surface area contributed by atoms with Gasteiger partial charge in [0.1, 0.15) is 0 Å². The molecule has 0 saturated heterocycles. The van der Waals surface area contributed by atoms with Gasteiger partial charge in [-0.15, -0.1) is 0 Å². The molecule has 0 amide bonds. The van der Waals surface area contributed by atoms with Crippen LogP contribution in [0.5, 0.6) is 0 Å². The van der Waals surface area contributed by atoms with E-state index >= 15 is 0 Å². The number of unbranched alkanes of at least 4 members (excludes halogenated alkanes) is 2. The normalized spacial score (nSPS) is 14.8. The second-order valence-corrected chi connectivity index (χ2v) is 22.3. The highest BCUT2D eigenvalue weighted by Gasteiger charge is 2.51. The maximum Gasteiger partial charge on any atom is 0.305 e. The molecule has 6 heteroatoms. The van der Waals surface area contributed by atoms with Crippen LogP contribution in [-0.4, -0.2) is 39.9 Å². The maximum atomic E-state index is 11.9. The smallest absolute Gasteiger partial charge is 0.305 e. The van der Waals surface area contributed by atoms with Crippen molar-refractivity contribution >= 4 is 33.0 Å². The molecule has 0 saturated carbocycles. The van der Waals surface area contributed by atoms with Gasteiger partial charge in [0.05, 0.1) is 12.5 Å². The Morgan fingerprint density at radius 2 is 1.24 bits per heavy atom. The molecule has 0 fully saturated rings. The Balaban J connectivity index is 2.17. The number of carbonyl (C=O) groups is 1. The zero-order chi connectivity index (χ0) is 28.6. The van der Waals surface area contributed by atoms with Gasteiger partial charge < -0.3 is 14.0 Å². The highest BCUT2D eigenvalue weighted by atomic mass is 28.4. The molecule has 0 aliphatic rings. The molecular weight excluding hydrogens is 505 g/mol. The zero-order valence-corrected chi connectivity index (χ0v) is 27.3. The number of aliphatic carboxylic acids is 1. The minimum Gasteiger partial charge on any atom is -0.481 e. The van der Waals surface area contributed by atoms with Gasteiger partial charge >= 0.3 is 5.97 Å². The fourth-order valence-electron chi connectivity index (χ4n) is 5.06. The first-order chi connectivity index (χ1) is 17.6. The highest BCUT2D eigenvalue weighted by Crippen LogP contribution is 2.39. The Kier molecular flexibility index (Phi) is 11.6. The molecule has 0 aliphatic heterocycles. The summed E-state index contributed by atoms with van der Waals surface area (Å²) in [7, 11) is -4.55. The lowest BCUT2D eigenvalue weighted by atomic mass is 10.1. The van der Waals surface area contributed by atoms with Gasteiger partial charge in [-0.2, -0.15) is 0 Å². The summed E-state index contributed by atoms with van der Waals surface area (Å²) in [6.07, 6.45) is 4.79. The average molecular weight is 557 g/mol. The average Bonchev–Trinajstić information content (AvgIpc) is 2.81. The summed E-state index contributed by atoms with van der Waals surface area (Å²) in [6, 6.07) is 20.9. The van der Waals surface area contributed by atoms with E-state index in [4.69, 9.17) is 8.85 Å². The van der Waals surface area contributed by atoms with Gasteiger partial charge in [0.15, 0.2) is 8.32 Å². The third-order valence-corrected chi connectivity index (χ3v) is 17.8. The SMILES string of the molecule is C[C@H](CCCCC[C@H](CC(=O)O)O[Si](c1ccccc1)(c1ccccc1)C(C)(C)C)O[Si](C)(C)C(C)(C)C. The molecule has 2 aromatic rings. The van der Waals surface area contributed by atoms with Gasteiger partial charge in [0.25, 0.3) is 8.32 Å². The van der Waals surface area contributed by atoms with Crippen molar-refractivity contribution in [3.05, 3.63) is 60.7 Å². The van der Waals surface area contributed by atoms with Crippen LogP contribution in [0.1, 0.15) is 87.0 Å². The molecule has 0 aromatic heterocycles. The van der Waals surface area contributed by atoms with Crippen LogP contribution in [-0.2, 0) is 13.6 Å². The number of hydrogen-bond acceptors (Lipinski definition) is 3. The predicted molar refractivity (Wildman–Crippen MR) is 166 cm³/mol. The lowest BCUT2D eigenvalue weighted by Crippen LogP contribution is -2.67. The quantitative estimate of drug-likeness (QED) is 0.191. The molecule has 38 heavy (non-hydrogen) atoms. The highest BCUT2D eigenvalue weighted by molar-refractivity contribution is 6.99. The largest absolute Gasteiger partial charge is 0.481 e. The van der Waals surface area contributed by atoms with Crippen molar-refractivity contribution in [3.63, 3.8) is 0 Å². The lowest BCUT2D eigenvalue weighted by Gasteiger charge is -2.45. The second-order valence-electron chi connectivity index (χ2n) is 13.3. The van der Waals surface area contributed by atoms with Gasteiger partial charge in [-0.1, -0.05) is 121 Å². The summed E-state index contributed by atoms with van der Waals surface area (Å²) >= 11 is 0. The van der Waals surface area contributed by atoms with Crippen LogP contribution in [0.15, 0.2) is 60.7 Å². The second kappa shape index (κ2) is 13.6. The van der Waals surface area contributed by atoms with E-state index in [0.717, 1.165) is 32.1 Å². The molecule has 0 radical (unpaired) electrons. The molecule has 0 unspecified atom stereocenters. The maximum absolute atomic E-state index is 11.9. The van der Waals surface area contributed by atoms with Gasteiger partial charge in [0.2, 0.25) is 0 Å². The van der Waals surface area contributed by atoms with E-state index in [1.54, 1.807) is 0 Å². The van der Waals surface area contributed by atoms with Crippen molar-refractivity contribution in [3.8, 4) is 0 Å². The first kappa shape index (κ1) is 32.5. The third kappa shape index (κ3) is 8.63. The van der Waals surface area contributed by atoms with Crippen molar-refractivity contribution in [2.24, 2.45) is 0 Å². The summed E-state index contributed by atoms with van der Waals surface area (Å²) in [5, 5.41) is 12.2. The molecule has 1 N–H and O–H groups in total. The van der Waals surface area contributed by atoms with Crippen molar-refractivity contribution in [2.45, 2.75) is 122 Å². The van der Waals surface area contributed by atoms with Crippen LogP contribution in [0.25, 0.3) is 0 Å². The summed E-state index contributed by atoms with van der Waals surface area (Å²) in [5.41, 5.74) is 0. The van der Waals surface area contributed by atoms with Gasteiger partial charge in [0, 0.05) is 6.10 Å². The molecule has 0 spiro atoms. The molecule has 212 valence electrons. The Morgan fingerprint density at radius 3 is 1.66 bits per heavy atom. The molecule has 2 aromatic carbocycles. The molecule has 2 atom stereocenters. The molecule has 4 nitrogen and oxygen atoms in total. The number of carboxylic acids is 1. The van der Waals surface area contributed by atoms with Crippen molar-refractivity contribution in [1.82, 2.24) is 0 Å². The van der Waals surface area contributed by atoms with E-state index in [1.165, 1.54) is 10.4 Å². The van der Waals surface area contributed by atoms with Crippen molar-refractivity contribution in [2.75, 3.05) is 0 Å². The number of carboxylic acid groups (broad SMARTS) is 1. The monoisotopic (exact) mass is 556 g/mol. The fraction of sp³-hybridized carbons (Fsp3) is 0.594. The molecule has 0 aliphatic carbocycles. The number of hydrogen-bond donors (Lipinski definition) is 1. The van der Waals surface area contributed by atoms with Gasteiger partial charge in [-0.3, -0.25) is 4.79 Å². The summed E-state index contributed by atoms with van der Waals surface area (Å²) in [4.78, 5) is 11.9. The first-order valence-electron chi connectivity index (χ1n) is 14.3. The van der Waals surface area contributed by atoms with Crippen LogP contribution in [0.3, 0.4) is 0 Å². The van der Waals surface area contributed by atoms with E-state index in [0.29, 0.717) is 0 Å². The van der Waals surface area contributed by atoms with Crippen molar-refractivity contribution in [1.29, 1.82) is 0 Å². The number of rotatable bonds is 14. The lowest BCUT2D eigenvalue weighted by molar-refractivity contribution is -0.139. The minimum atomic E-state index is -2.79. The summed E-state index contributed by atoms with van der Waals surface area (Å²) < 4.78 is 13.7. The van der Waals surface area contributed by atoms with Crippen molar-refractivity contribution < 1.29 is 18.8 Å². The summed E-state index contributed by atoms with van der Waals surface area (Å²) in [5.74, 6) is -0.802. The Morgan fingerprint density at radius 1 is 0.763 bits per heavy atom. The Bertz CT molecular complexity index is 939. The minimum absolute atomic E-state index is 0.0232. The molecule has 0 heterocycles.